The normalized spacial score (nSPS) is 10.7. The molecule has 0 aliphatic heterocycles. The largest absolute Gasteiger partial charge is 0.497 e. The lowest BCUT2D eigenvalue weighted by atomic mass is 10.1. The van der Waals surface area contributed by atoms with Gasteiger partial charge in [-0.25, -0.2) is 4.39 Å². The zero-order valence-corrected chi connectivity index (χ0v) is 12.9. The van der Waals surface area contributed by atoms with E-state index >= 15 is 0 Å². The minimum Gasteiger partial charge on any atom is -0.497 e. The maximum atomic E-state index is 13.5. The number of anilines is 1. The molecule has 4 nitrogen and oxygen atoms in total. The van der Waals surface area contributed by atoms with Crippen molar-refractivity contribution in [3.63, 3.8) is 0 Å². The summed E-state index contributed by atoms with van der Waals surface area (Å²) in [6, 6.07) is 10.1. The number of aryl methyl sites for hydroxylation is 1. The number of methoxy groups -OCH3 is 1. The molecule has 1 aromatic heterocycles. The highest BCUT2D eigenvalue weighted by atomic mass is 19.1. The van der Waals surface area contributed by atoms with E-state index in [0.717, 1.165) is 10.9 Å². The van der Waals surface area contributed by atoms with E-state index in [1.807, 2.05) is 12.1 Å². The lowest BCUT2D eigenvalue weighted by Crippen LogP contribution is -2.14. The molecule has 1 amide bonds. The van der Waals surface area contributed by atoms with Crippen LogP contribution in [0.3, 0.4) is 0 Å². The quantitative estimate of drug-likeness (QED) is 0.790. The summed E-state index contributed by atoms with van der Waals surface area (Å²) in [5, 5.41) is 3.55. The van der Waals surface area contributed by atoms with Gasteiger partial charge in [-0.1, -0.05) is 6.07 Å². The predicted molar refractivity (Wildman–Crippen MR) is 86.2 cm³/mol. The zero-order chi connectivity index (χ0) is 16.4. The molecule has 118 valence electrons. The second-order valence-corrected chi connectivity index (χ2v) is 5.31. The van der Waals surface area contributed by atoms with Gasteiger partial charge in [0.25, 0.3) is 0 Å². The van der Waals surface area contributed by atoms with Crippen molar-refractivity contribution in [1.29, 1.82) is 0 Å². The number of nitrogens with one attached hydrogen (secondary N) is 1. The number of fused-ring (bicyclic) bond motifs is 1. The molecule has 0 spiro atoms. The third-order valence-electron chi connectivity index (χ3n) is 3.67. The molecule has 2 aromatic carbocycles. The molecule has 3 aromatic rings. The summed E-state index contributed by atoms with van der Waals surface area (Å²) in [5.74, 6) is 0.119. The molecule has 0 saturated heterocycles. The van der Waals surface area contributed by atoms with Crippen molar-refractivity contribution in [1.82, 2.24) is 0 Å². The van der Waals surface area contributed by atoms with E-state index in [4.69, 9.17) is 9.15 Å². The smallest absolute Gasteiger partial charge is 0.228 e. The lowest BCUT2D eigenvalue weighted by Gasteiger charge is -2.06. The van der Waals surface area contributed by atoms with E-state index in [1.54, 1.807) is 38.5 Å². The first kappa shape index (κ1) is 15.1. The van der Waals surface area contributed by atoms with Crippen LogP contribution in [0.25, 0.3) is 11.0 Å². The van der Waals surface area contributed by atoms with Crippen LogP contribution in [0.15, 0.2) is 47.1 Å². The summed E-state index contributed by atoms with van der Waals surface area (Å²) in [6.07, 6.45) is 1.70. The molecule has 0 atom stereocenters. The second-order valence-electron chi connectivity index (χ2n) is 5.31. The van der Waals surface area contributed by atoms with Crippen LogP contribution in [0, 0.1) is 12.7 Å². The topological polar surface area (TPSA) is 51.5 Å². The summed E-state index contributed by atoms with van der Waals surface area (Å²) in [4.78, 5) is 12.1. The molecule has 0 aliphatic rings. The Bertz CT molecular complexity index is 870. The first-order valence-electron chi connectivity index (χ1n) is 7.17. The summed E-state index contributed by atoms with van der Waals surface area (Å²) >= 11 is 0. The first-order valence-corrected chi connectivity index (χ1v) is 7.17. The van der Waals surface area contributed by atoms with Crippen LogP contribution in [0.4, 0.5) is 10.1 Å². The summed E-state index contributed by atoms with van der Waals surface area (Å²) in [6.45, 7) is 1.67. The summed E-state index contributed by atoms with van der Waals surface area (Å²) < 4.78 is 24.1. The number of rotatable bonds is 4. The number of furan rings is 1. The van der Waals surface area contributed by atoms with E-state index in [-0.39, 0.29) is 18.1 Å². The van der Waals surface area contributed by atoms with Gasteiger partial charge in [0.05, 0.1) is 19.8 Å². The van der Waals surface area contributed by atoms with Gasteiger partial charge in [0.15, 0.2) is 0 Å². The van der Waals surface area contributed by atoms with Crippen LogP contribution in [-0.2, 0) is 11.2 Å². The second kappa shape index (κ2) is 6.12. The van der Waals surface area contributed by atoms with Gasteiger partial charge in [-0.2, -0.15) is 0 Å². The van der Waals surface area contributed by atoms with Crippen molar-refractivity contribution in [3.8, 4) is 5.75 Å². The third kappa shape index (κ3) is 3.18. The average Bonchev–Trinajstić information content (AvgIpc) is 2.93. The Balaban J connectivity index is 1.76. The summed E-state index contributed by atoms with van der Waals surface area (Å²) in [7, 11) is 1.58. The SMILES string of the molecule is COc1ccc2c(CC(=O)Nc3ccc(C)c(F)c3)coc2c1. The van der Waals surface area contributed by atoms with Crippen LogP contribution in [0.5, 0.6) is 5.75 Å². The van der Waals surface area contributed by atoms with Crippen molar-refractivity contribution in [3.05, 3.63) is 59.6 Å². The van der Waals surface area contributed by atoms with Crippen LogP contribution < -0.4 is 10.1 Å². The Labute approximate surface area is 132 Å². The van der Waals surface area contributed by atoms with Crippen molar-refractivity contribution in [2.75, 3.05) is 12.4 Å². The molecule has 3 rings (SSSR count). The van der Waals surface area contributed by atoms with Crippen molar-refractivity contribution < 1.29 is 18.3 Å². The van der Waals surface area contributed by atoms with Gasteiger partial charge in [0, 0.05) is 22.7 Å². The van der Waals surface area contributed by atoms with E-state index in [0.29, 0.717) is 22.6 Å². The Morgan fingerprint density at radius 3 is 2.83 bits per heavy atom. The minimum absolute atomic E-state index is 0.148. The van der Waals surface area contributed by atoms with Crippen molar-refractivity contribution >= 4 is 22.6 Å². The average molecular weight is 313 g/mol. The highest BCUT2D eigenvalue weighted by Crippen LogP contribution is 2.26. The van der Waals surface area contributed by atoms with E-state index in [9.17, 15) is 9.18 Å². The molecule has 0 bridgehead atoms. The number of hydrogen-bond acceptors (Lipinski definition) is 3. The van der Waals surface area contributed by atoms with Gasteiger partial charge < -0.3 is 14.5 Å². The van der Waals surface area contributed by atoms with Crippen LogP contribution >= 0.6 is 0 Å². The highest BCUT2D eigenvalue weighted by molar-refractivity contribution is 5.95. The molecular weight excluding hydrogens is 297 g/mol. The Kier molecular flexibility index (Phi) is 4.02. The molecule has 0 aliphatic carbocycles. The van der Waals surface area contributed by atoms with E-state index in [2.05, 4.69) is 5.32 Å². The minimum atomic E-state index is -0.344. The number of halogens is 1. The number of ether oxygens (including phenoxy) is 1. The molecule has 0 radical (unpaired) electrons. The van der Waals surface area contributed by atoms with E-state index < -0.39 is 0 Å². The fourth-order valence-corrected chi connectivity index (χ4v) is 2.38. The van der Waals surface area contributed by atoms with Crippen LogP contribution in [-0.4, -0.2) is 13.0 Å². The number of carbonyl (C=O) groups excluding carboxylic acids is 1. The molecule has 23 heavy (non-hydrogen) atoms. The number of hydrogen-bond donors (Lipinski definition) is 1. The van der Waals surface area contributed by atoms with E-state index in [1.165, 1.54) is 6.07 Å². The first-order chi connectivity index (χ1) is 11.1. The lowest BCUT2D eigenvalue weighted by molar-refractivity contribution is -0.115. The van der Waals surface area contributed by atoms with Gasteiger partial charge in [-0.05, 0) is 36.8 Å². The van der Waals surface area contributed by atoms with Crippen LogP contribution in [0.1, 0.15) is 11.1 Å². The predicted octanol–water partition coefficient (Wildman–Crippen LogP) is 4.07. The summed E-state index contributed by atoms with van der Waals surface area (Å²) in [5.41, 5.74) is 2.41. The molecule has 0 unspecified atom stereocenters. The standard InChI is InChI=1S/C18H16FNO3/c1-11-3-4-13(8-16(11)19)20-18(21)7-12-10-23-17-9-14(22-2)5-6-15(12)17/h3-6,8-10H,7H2,1-2H3,(H,20,21). The zero-order valence-electron chi connectivity index (χ0n) is 12.9. The van der Waals surface area contributed by atoms with Gasteiger partial charge in [-0.3, -0.25) is 4.79 Å². The fraction of sp³-hybridized carbons (Fsp3) is 0.167. The maximum Gasteiger partial charge on any atom is 0.228 e. The van der Waals surface area contributed by atoms with Gasteiger partial charge in [-0.15, -0.1) is 0 Å². The van der Waals surface area contributed by atoms with Gasteiger partial charge in [0.2, 0.25) is 5.91 Å². The highest BCUT2D eigenvalue weighted by Gasteiger charge is 2.12. The maximum absolute atomic E-state index is 13.5. The molecule has 1 heterocycles. The monoisotopic (exact) mass is 313 g/mol. The Morgan fingerprint density at radius 1 is 1.26 bits per heavy atom. The van der Waals surface area contributed by atoms with Crippen LogP contribution in [0.2, 0.25) is 0 Å². The molecule has 1 N–H and O–H groups in total. The third-order valence-corrected chi connectivity index (χ3v) is 3.67. The molecular formula is C18H16FNO3. The number of carbonyl (C=O) groups is 1. The molecule has 5 heteroatoms. The number of amides is 1. The molecule has 0 fully saturated rings. The Hall–Kier alpha value is -2.82. The molecule has 0 saturated carbocycles. The number of benzene rings is 2. The van der Waals surface area contributed by atoms with Crippen molar-refractivity contribution in [2.45, 2.75) is 13.3 Å². The van der Waals surface area contributed by atoms with Gasteiger partial charge >= 0.3 is 0 Å². The van der Waals surface area contributed by atoms with Crippen molar-refractivity contribution in [2.24, 2.45) is 0 Å². The fourth-order valence-electron chi connectivity index (χ4n) is 2.38. The Morgan fingerprint density at radius 2 is 2.09 bits per heavy atom. The van der Waals surface area contributed by atoms with Gasteiger partial charge in [0.1, 0.15) is 17.1 Å².